The maximum atomic E-state index is 9.19. The van der Waals surface area contributed by atoms with Crippen LogP contribution in [0.1, 0.15) is 126 Å². The molecule has 0 bridgehead atoms. The Morgan fingerprint density at radius 2 is 0.972 bits per heavy atom. The SMILES string of the molecule is CCCCCCCCC1(CCCCCCCC)c2cc(C)ccc2-c2ccc(C)cc21.CS(=O)(=O)O. The van der Waals surface area contributed by atoms with Crippen molar-refractivity contribution in [1.29, 1.82) is 0 Å². The van der Waals surface area contributed by atoms with Crippen LogP contribution in [0, 0.1) is 13.8 Å². The first-order chi connectivity index (χ1) is 17.1. The largest absolute Gasteiger partial charge is 0.286 e. The summed E-state index contributed by atoms with van der Waals surface area (Å²) >= 11 is 0. The third kappa shape index (κ3) is 9.34. The van der Waals surface area contributed by atoms with Crippen LogP contribution in [0.3, 0.4) is 0 Å². The average molecular weight is 515 g/mol. The maximum Gasteiger partial charge on any atom is 0.261 e. The Hall–Kier alpha value is -1.65. The van der Waals surface area contributed by atoms with Gasteiger partial charge in [0.1, 0.15) is 0 Å². The second kappa shape index (κ2) is 14.9. The fraction of sp³-hybridized carbons (Fsp3) is 0.625. The number of benzene rings is 2. The highest BCUT2D eigenvalue weighted by molar-refractivity contribution is 7.85. The molecule has 0 atom stereocenters. The predicted molar refractivity (Wildman–Crippen MR) is 156 cm³/mol. The van der Waals surface area contributed by atoms with E-state index in [1.165, 1.54) is 112 Å². The van der Waals surface area contributed by atoms with Crippen molar-refractivity contribution in [3.05, 3.63) is 58.7 Å². The molecule has 0 spiro atoms. The molecule has 0 radical (unpaired) electrons. The highest BCUT2D eigenvalue weighted by atomic mass is 32.2. The Morgan fingerprint density at radius 1 is 0.639 bits per heavy atom. The summed E-state index contributed by atoms with van der Waals surface area (Å²) in [6, 6.07) is 14.5. The van der Waals surface area contributed by atoms with Crippen LogP contribution in [0.5, 0.6) is 0 Å². The van der Waals surface area contributed by atoms with Gasteiger partial charge in [-0.25, -0.2) is 0 Å². The molecule has 3 rings (SSSR count). The van der Waals surface area contributed by atoms with Crippen LogP contribution >= 0.6 is 0 Å². The lowest BCUT2D eigenvalue weighted by atomic mass is 9.70. The van der Waals surface area contributed by atoms with Gasteiger partial charge in [-0.2, -0.15) is 8.42 Å². The number of rotatable bonds is 14. The molecule has 2 aromatic rings. The van der Waals surface area contributed by atoms with Crippen molar-refractivity contribution in [2.24, 2.45) is 0 Å². The van der Waals surface area contributed by atoms with Gasteiger partial charge in [0.25, 0.3) is 10.1 Å². The van der Waals surface area contributed by atoms with Gasteiger partial charge < -0.3 is 0 Å². The molecule has 0 aromatic heterocycles. The van der Waals surface area contributed by atoms with Gasteiger partial charge in [0, 0.05) is 5.41 Å². The van der Waals surface area contributed by atoms with Crippen molar-refractivity contribution in [3.8, 4) is 11.1 Å². The van der Waals surface area contributed by atoms with Gasteiger partial charge in [0.15, 0.2) is 0 Å². The Kier molecular flexibility index (Phi) is 12.7. The molecule has 1 N–H and O–H groups in total. The summed E-state index contributed by atoms with van der Waals surface area (Å²) in [6.07, 6.45) is 19.9. The summed E-state index contributed by atoms with van der Waals surface area (Å²) in [4.78, 5) is 0. The average Bonchev–Trinajstić information content (AvgIpc) is 3.06. The van der Waals surface area contributed by atoms with E-state index in [1.807, 2.05) is 0 Å². The smallest absolute Gasteiger partial charge is 0.261 e. The number of aryl methyl sites for hydroxylation is 2. The lowest BCUT2D eigenvalue weighted by molar-refractivity contribution is 0.397. The summed E-state index contributed by atoms with van der Waals surface area (Å²) in [7, 11) is -3.67. The first-order valence-corrected chi connectivity index (χ1v) is 16.1. The van der Waals surface area contributed by atoms with Gasteiger partial charge >= 0.3 is 0 Å². The quantitative estimate of drug-likeness (QED) is 0.202. The van der Waals surface area contributed by atoms with E-state index in [1.54, 1.807) is 11.1 Å². The first-order valence-electron chi connectivity index (χ1n) is 14.3. The van der Waals surface area contributed by atoms with Gasteiger partial charge in [-0.05, 0) is 48.9 Å². The van der Waals surface area contributed by atoms with Crippen LogP contribution in [0.4, 0.5) is 0 Å². The fourth-order valence-corrected chi connectivity index (χ4v) is 5.80. The minimum Gasteiger partial charge on any atom is -0.286 e. The normalized spacial score (nSPS) is 13.6. The fourth-order valence-electron chi connectivity index (χ4n) is 5.80. The molecule has 3 nitrogen and oxygen atoms in total. The van der Waals surface area contributed by atoms with E-state index in [9.17, 15) is 8.42 Å². The molecule has 0 aliphatic heterocycles. The molecule has 1 aliphatic carbocycles. The summed E-state index contributed by atoms with van der Waals surface area (Å²) < 4.78 is 25.9. The van der Waals surface area contributed by atoms with Crippen molar-refractivity contribution in [1.82, 2.24) is 0 Å². The van der Waals surface area contributed by atoms with Crippen LogP contribution in [0.2, 0.25) is 0 Å². The van der Waals surface area contributed by atoms with E-state index in [0.717, 1.165) is 0 Å². The lowest BCUT2D eigenvalue weighted by Crippen LogP contribution is -2.25. The molecular weight excluding hydrogens is 464 g/mol. The zero-order chi connectivity index (χ0) is 26.6. The van der Waals surface area contributed by atoms with Crippen molar-refractivity contribution in [3.63, 3.8) is 0 Å². The molecule has 0 amide bonds. The molecule has 0 heterocycles. The van der Waals surface area contributed by atoms with Crippen LogP contribution < -0.4 is 0 Å². The van der Waals surface area contributed by atoms with E-state index in [4.69, 9.17) is 4.55 Å². The number of fused-ring (bicyclic) bond motifs is 3. The minimum absolute atomic E-state index is 0.234. The maximum absolute atomic E-state index is 9.19. The molecule has 0 saturated heterocycles. The molecule has 0 fully saturated rings. The van der Waals surface area contributed by atoms with E-state index in [-0.39, 0.29) is 5.41 Å². The Balaban J connectivity index is 0.000000830. The van der Waals surface area contributed by atoms with Crippen molar-refractivity contribution in [2.45, 2.75) is 123 Å². The van der Waals surface area contributed by atoms with Crippen molar-refractivity contribution < 1.29 is 13.0 Å². The first kappa shape index (κ1) is 30.6. The second-order valence-corrected chi connectivity index (χ2v) is 12.4. The molecule has 202 valence electrons. The zero-order valence-corrected chi connectivity index (χ0v) is 24.4. The number of hydrogen-bond donors (Lipinski definition) is 1. The van der Waals surface area contributed by atoms with E-state index in [2.05, 4.69) is 64.1 Å². The van der Waals surface area contributed by atoms with Crippen LogP contribution in [0.25, 0.3) is 11.1 Å². The summed E-state index contributed by atoms with van der Waals surface area (Å²) in [5.74, 6) is 0. The minimum atomic E-state index is -3.67. The standard InChI is InChI=1S/C31H46.CH4O3S/c1-5-7-9-11-13-15-21-31(22-16-14-12-10-8-6-2)29-23-25(3)17-19-27(29)28-20-18-26(4)24-30(28)31;1-5(2,3)4/h17-20,23-24H,5-16,21-22H2,1-4H3;1H3,(H,2,3,4). The Bertz CT molecular complexity index is 962. The summed E-state index contributed by atoms with van der Waals surface area (Å²) in [6.45, 7) is 9.17. The lowest BCUT2D eigenvalue weighted by Gasteiger charge is -2.33. The molecular formula is C32H50O3S. The highest BCUT2D eigenvalue weighted by Crippen LogP contribution is 2.54. The monoisotopic (exact) mass is 514 g/mol. The highest BCUT2D eigenvalue weighted by Gasteiger charge is 2.42. The topological polar surface area (TPSA) is 54.4 Å². The van der Waals surface area contributed by atoms with Crippen LogP contribution in [-0.4, -0.2) is 19.2 Å². The Labute approximate surface area is 221 Å². The van der Waals surface area contributed by atoms with Crippen LogP contribution in [-0.2, 0) is 15.5 Å². The molecule has 1 aliphatic rings. The van der Waals surface area contributed by atoms with Crippen molar-refractivity contribution in [2.75, 3.05) is 6.26 Å². The van der Waals surface area contributed by atoms with E-state index in [0.29, 0.717) is 6.26 Å². The third-order valence-corrected chi connectivity index (χ3v) is 7.59. The van der Waals surface area contributed by atoms with Gasteiger partial charge in [0.05, 0.1) is 6.26 Å². The van der Waals surface area contributed by atoms with E-state index >= 15 is 0 Å². The van der Waals surface area contributed by atoms with Crippen LogP contribution in [0.15, 0.2) is 36.4 Å². The van der Waals surface area contributed by atoms with Gasteiger partial charge in [-0.1, -0.05) is 138 Å². The van der Waals surface area contributed by atoms with Gasteiger partial charge in [-0.15, -0.1) is 0 Å². The number of unbranched alkanes of at least 4 members (excludes halogenated alkanes) is 10. The van der Waals surface area contributed by atoms with Gasteiger partial charge in [0.2, 0.25) is 0 Å². The second-order valence-electron chi connectivity index (χ2n) is 10.9. The number of hydrogen-bond acceptors (Lipinski definition) is 2. The summed E-state index contributed by atoms with van der Waals surface area (Å²) in [5.41, 5.74) is 9.36. The zero-order valence-electron chi connectivity index (χ0n) is 23.5. The molecule has 36 heavy (non-hydrogen) atoms. The predicted octanol–water partition coefficient (Wildman–Crippen LogP) is 9.58. The third-order valence-electron chi connectivity index (χ3n) is 7.59. The Morgan fingerprint density at radius 3 is 1.33 bits per heavy atom. The molecule has 0 saturated carbocycles. The molecule has 2 aromatic carbocycles. The molecule has 4 heteroatoms. The van der Waals surface area contributed by atoms with Crippen molar-refractivity contribution >= 4 is 10.1 Å². The molecule has 0 unspecified atom stereocenters. The summed E-state index contributed by atoms with van der Waals surface area (Å²) in [5, 5.41) is 0. The van der Waals surface area contributed by atoms with E-state index < -0.39 is 10.1 Å². The van der Waals surface area contributed by atoms with Gasteiger partial charge in [-0.3, -0.25) is 4.55 Å².